The van der Waals surface area contributed by atoms with Crippen LogP contribution >= 0.6 is 0 Å². The number of carbonyl (C=O) groups excluding carboxylic acids is 2. The van der Waals surface area contributed by atoms with Crippen LogP contribution in [0.5, 0.6) is 0 Å². The lowest BCUT2D eigenvalue weighted by molar-refractivity contribution is -0.127. The molecule has 106 valence electrons. The van der Waals surface area contributed by atoms with Crippen molar-refractivity contribution >= 4 is 11.7 Å². The summed E-state index contributed by atoms with van der Waals surface area (Å²) >= 11 is 0. The van der Waals surface area contributed by atoms with Crippen molar-refractivity contribution in [2.24, 2.45) is 5.92 Å². The van der Waals surface area contributed by atoms with Gasteiger partial charge in [-0.25, -0.2) is 0 Å². The molecule has 0 aromatic rings. The van der Waals surface area contributed by atoms with Gasteiger partial charge in [-0.15, -0.1) is 0 Å². The molecule has 4 atom stereocenters. The van der Waals surface area contributed by atoms with Gasteiger partial charge in [0.2, 0.25) is 5.91 Å². The minimum Gasteiger partial charge on any atom is -0.351 e. The molecule has 2 N–H and O–H groups in total. The normalized spacial score (nSPS) is 40.2. The fourth-order valence-corrected chi connectivity index (χ4v) is 3.97. The van der Waals surface area contributed by atoms with Crippen LogP contribution in [0.25, 0.3) is 0 Å². The molecule has 4 unspecified atom stereocenters. The fourth-order valence-electron chi connectivity index (χ4n) is 3.97. The Balaban J connectivity index is 1.69. The van der Waals surface area contributed by atoms with Gasteiger partial charge in [0, 0.05) is 18.9 Å². The maximum Gasteiger partial charge on any atom is 0.220 e. The van der Waals surface area contributed by atoms with Gasteiger partial charge in [0.25, 0.3) is 0 Å². The smallest absolute Gasteiger partial charge is 0.220 e. The number of fused-ring (bicyclic) bond motifs is 1. The van der Waals surface area contributed by atoms with Crippen molar-refractivity contribution in [2.45, 2.75) is 75.9 Å². The summed E-state index contributed by atoms with van der Waals surface area (Å²) in [6.07, 6.45) is 9.18. The molecule has 1 amide bonds. The van der Waals surface area contributed by atoms with E-state index >= 15 is 0 Å². The van der Waals surface area contributed by atoms with Gasteiger partial charge in [-0.2, -0.15) is 0 Å². The van der Waals surface area contributed by atoms with Gasteiger partial charge in [-0.05, 0) is 31.6 Å². The molecule has 1 aliphatic carbocycles. The zero-order valence-electron chi connectivity index (χ0n) is 11.5. The molecule has 0 bridgehead atoms. The number of Topliss-reactive ketones (excluding diaryl/α,β-unsaturated/α-hetero) is 1. The number of piperidine rings is 1. The van der Waals surface area contributed by atoms with Gasteiger partial charge < -0.3 is 10.6 Å². The summed E-state index contributed by atoms with van der Waals surface area (Å²) < 4.78 is 0. The molecule has 0 spiro atoms. The Morgan fingerprint density at radius 2 is 1.63 bits per heavy atom. The van der Waals surface area contributed by atoms with Gasteiger partial charge in [0.1, 0.15) is 0 Å². The summed E-state index contributed by atoms with van der Waals surface area (Å²) in [4.78, 5) is 24.0. The summed E-state index contributed by atoms with van der Waals surface area (Å²) in [6, 6.07) is 0.378. The largest absolute Gasteiger partial charge is 0.351 e. The van der Waals surface area contributed by atoms with Crippen molar-refractivity contribution in [1.82, 2.24) is 10.6 Å². The lowest BCUT2D eigenvalue weighted by Crippen LogP contribution is -2.61. The molecule has 0 aromatic carbocycles. The van der Waals surface area contributed by atoms with Crippen LogP contribution in [-0.2, 0) is 9.59 Å². The third-order valence-corrected chi connectivity index (χ3v) is 5.03. The van der Waals surface area contributed by atoms with E-state index in [0.29, 0.717) is 30.6 Å². The molecule has 2 aliphatic heterocycles. The van der Waals surface area contributed by atoms with Gasteiger partial charge in [-0.3, -0.25) is 9.59 Å². The molecule has 3 aliphatic rings. The number of ketones is 1. The molecular weight excluding hydrogens is 240 g/mol. The lowest BCUT2D eigenvalue weighted by atomic mass is 9.76. The second-order valence-corrected chi connectivity index (χ2v) is 6.39. The summed E-state index contributed by atoms with van der Waals surface area (Å²) in [7, 11) is 0. The van der Waals surface area contributed by atoms with Crippen LogP contribution < -0.4 is 10.6 Å². The van der Waals surface area contributed by atoms with Crippen molar-refractivity contribution in [3.05, 3.63) is 0 Å². The average molecular weight is 264 g/mol. The minimum absolute atomic E-state index is 0.0189. The maximum absolute atomic E-state index is 12.4. The highest BCUT2D eigenvalue weighted by atomic mass is 16.2. The molecule has 2 heterocycles. The van der Waals surface area contributed by atoms with Gasteiger partial charge in [-0.1, -0.05) is 19.3 Å². The van der Waals surface area contributed by atoms with E-state index in [1.807, 2.05) is 0 Å². The summed E-state index contributed by atoms with van der Waals surface area (Å²) in [5.41, 5.74) is 0. The highest BCUT2D eigenvalue weighted by Gasteiger charge is 2.40. The zero-order chi connectivity index (χ0) is 13.2. The van der Waals surface area contributed by atoms with Gasteiger partial charge in [0.15, 0.2) is 5.78 Å². The number of rotatable bonds is 1. The molecule has 2 saturated heterocycles. The second-order valence-electron chi connectivity index (χ2n) is 6.39. The monoisotopic (exact) mass is 264 g/mol. The second kappa shape index (κ2) is 5.61. The van der Waals surface area contributed by atoms with E-state index in [-0.39, 0.29) is 18.0 Å². The number of amides is 1. The topological polar surface area (TPSA) is 58.2 Å². The summed E-state index contributed by atoms with van der Waals surface area (Å²) in [6.45, 7) is 0. The third-order valence-electron chi connectivity index (χ3n) is 5.03. The summed E-state index contributed by atoms with van der Waals surface area (Å²) in [5.74, 6) is 0.970. The Hall–Kier alpha value is -0.900. The predicted molar refractivity (Wildman–Crippen MR) is 72.7 cm³/mol. The van der Waals surface area contributed by atoms with E-state index in [1.54, 1.807) is 0 Å². The lowest BCUT2D eigenvalue weighted by Gasteiger charge is -2.42. The first kappa shape index (κ1) is 13.1. The Kier molecular flexibility index (Phi) is 3.87. The Bertz CT molecular complexity index is 369. The van der Waals surface area contributed by atoms with Crippen LogP contribution in [0.2, 0.25) is 0 Å². The Labute approximate surface area is 114 Å². The van der Waals surface area contributed by atoms with Crippen molar-refractivity contribution < 1.29 is 9.59 Å². The molecule has 1 saturated carbocycles. The highest BCUT2D eigenvalue weighted by molar-refractivity contribution is 5.87. The molecule has 3 rings (SSSR count). The first-order chi connectivity index (χ1) is 9.24. The van der Waals surface area contributed by atoms with E-state index < -0.39 is 0 Å². The number of carbonyl (C=O) groups is 2. The molecule has 0 radical (unpaired) electrons. The Morgan fingerprint density at radius 1 is 0.895 bits per heavy atom. The van der Waals surface area contributed by atoms with E-state index in [1.165, 1.54) is 25.7 Å². The molecule has 0 aromatic heterocycles. The van der Waals surface area contributed by atoms with Gasteiger partial charge in [0.05, 0.1) is 12.1 Å². The van der Waals surface area contributed by atoms with Crippen LogP contribution in [0.1, 0.15) is 57.8 Å². The van der Waals surface area contributed by atoms with Crippen molar-refractivity contribution in [3.8, 4) is 0 Å². The number of hydrogen-bond donors (Lipinski definition) is 2. The standard InChI is InChI=1S/C15H24N2O2/c18-13-9-10-5-1-2-6-11(10)17-15(13)12-7-3-4-8-14(19)16-12/h10-12,15,17H,1-9H2,(H,16,19). The SMILES string of the molecule is O=C1CCCCC(C2NC3CCCCC3CC2=O)N1. The van der Waals surface area contributed by atoms with Gasteiger partial charge >= 0.3 is 0 Å². The summed E-state index contributed by atoms with van der Waals surface area (Å²) in [5, 5.41) is 6.61. The van der Waals surface area contributed by atoms with Crippen LogP contribution in [0, 0.1) is 5.92 Å². The van der Waals surface area contributed by atoms with Crippen LogP contribution in [0.4, 0.5) is 0 Å². The Morgan fingerprint density at radius 3 is 2.53 bits per heavy atom. The molecule has 4 nitrogen and oxygen atoms in total. The van der Waals surface area contributed by atoms with E-state index in [4.69, 9.17) is 0 Å². The van der Waals surface area contributed by atoms with Crippen LogP contribution in [0.15, 0.2) is 0 Å². The quantitative estimate of drug-likeness (QED) is 0.755. The third kappa shape index (κ3) is 2.83. The molecule has 4 heteroatoms. The fraction of sp³-hybridized carbons (Fsp3) is 0.867. The predicted octanol–water partition coefficient (Wildman–Crippen LogP) is 1.53. The van der Waals surface area contributed by atoms with E-state index in [0.717, 1.165) is 19.3 Å². The molecular formula is C15H24N2O2. The number of nitrogens with one attached hydrogen (secondary N) is 2. The van der Waals surface area contributed by atoms with E-state index in [9.17, 15) is 9.59 Å². The zero-order valence-corrected chi connectivity index (χ0v) is 11.5. The van der Waals surface area contributed by atoms with Crippen LogP contribution in [-0.4, -0.2) is 29.8 Å². The maximum atomic E-state index is 12.4. The van der Waals surface area contributed by atoms with Crippen LogP contribution in [0.3, 0.4) is 0 Å². The van der Waals surface area contributed by atoms with Crippen molar-refractivity contribution in [2.75, 3.05) is 0 Å². The van der Waals surface area contributed by atoms with E-state index in [2.05, 4.69) is 10.6 Å². The van der Waals surface area contributed by atoms with Crippen molar-refractivity contribution in [1.29, 1.82) is 0 Å². The minimum atomic E-state index is -0.138. The van der Waals surface area contributed by atoms with Crippen molar-refractivity contribution in [3.63, 3.8) is 0 Å². The molecule has 3 fully saturated rings. The number of hydrogen-bond acceptors (Lipinski definition) is 3. The average Bonchev–Trinajstić information content (AvgIpc) is 2.62. The first-order valence-electron chi connectivity index (χ1n) is 7.82. The molecule has 19 heavy (non-hydrogen) atoms. The highest BCUT2D eigenvalue weighted by Crippen LogP contribution is 2.32. The first-order valence-corrected chi connectivity index (χ1v) is 7.82.